The monoisotopic (exact) mass is 278 g/mol. The van der Waals surface area contributed by atoms with Crippen LogP contribution in [0.3, 0.4) is 0 Å². The van der Waals surface area contributed by atoms with E-state index < -0.39 is 0 Å². The molecule has 0 aliphatic heterocycles. The first-order valence-corrected chi connectivity index (χ1v) is 6.98. The Bertz CT molecular complexity index is 433. The van der Waals surface area contributed by atoms with Gasteiger partial charge in [-0.25, -0.2) is 0 Å². The van der Waals surface area contributed by atoms with Crippen LogP contribution in [0.4, 0.5) is 0 Å². The third-order valence-corrected chi connectivity index (χ3v) is 3.07. The first-order valence-electron chi connectivity index (χ1n) is 6.98. The number of hydrogen-bond acceptors (Lipinski definition) is 4. The first-order chi connectivity index (χ1) is 9.78. The van der Waals surface area contributed by atoms with E-state index >= 15 is 0 Å². The Morgan fingerprint density at radius 2 is 2.25 bits per heavy atom. The molecule has 1 aliphatic rings. The second-order valence-corrected chi connectivity index (χ2v) is 4.93. The molecule has 0 bridgehead atoms. The quantitative estimate of drug-likeness (QED) is 0.664. The van der Waals surface area contributed by atoms with Crippen molar-refractivity contribution < 1.29 is 14.3 Å². The van der Waals surface area contributed by atoms with Gasteiger partial charge in [0.25, 0.3) is 5.91 Å². The summed E-state index contributed by atoms with van der Waals surface area (Å²) in [6.07, 6.45) is 2.55. The van der Waals surface area contributed by atoms with Gasteiger partial charge in [0, 0.05) is 26.2 Å². The van der Waals surface area contributed by atoms with Gasteiger partial charge in [-0.2, -0.15) is 0 Å². The maximum Gasteiger partial charge on any atom is 0.258 e. The average molecular weight is 278 g/mol. The topological polar surface area (TPSA) is 59.6 Å². The van der Waals surface area contributed by atoms with Gasteiger partial charge in [-0.05, 0) is 30.5 Å². The molecule has 0 spiro atoms. The Morgan fingerprint density at radius 3 is 3.00 bits per heavy atom. The molecular formula is C15H22N2O3. The molecule has 0 radical (unpaired) electrons. The number of benzene rings is 1. The predicted octanol–water partition coefficient (Wildman–Crippen LogP) is 1.08. The van der Waals surface area contributed by atoms with Crippen molar-refractivity contribution in [3.63, 3.8) is 0 Å². The van der Waals surface area contributed by atoms with Crippen molar-refractivity contribution in [3.05, 3.63) is 29.8 Å². The largest absolute Gasteiger partial charge is 0.484 e. The van der Waals surface area contributed by atoms with E-state index in [9.17, 15) is 4.79 Å². The highest BCUT2D eigenvalue weighted by atomic mass is 16.5. The fourth-order valence-electron chi connectivity index (χ4n) is 1.79. The molecule has 5 nitrogen and oxygen atoms in total. The lowest BCUT2D eigenvalue weighted by Crippen LogP contribution is -2.31. The summed E-state index contributed by atoms with van der Waals surface area (Å²) in [5, 5.41) is 6.17. The molecule has 0 aromatic heterocycles. The molecule has 1 aromatic rings. The van der Waals surface area contributed by atoms with Crippen molar-refractivity contribution in [1.82, 2.24) is 10.6 Å². The summed E-state index contributed by atoms with van der Waals surface area (Å²) in [5.41, 5.74) is 1.18. The third-order valence-electron chi connectivity index (χ3n) is 3.07. The number of hydrogen-bond donors (Lipinski definition) is 2. The molecule has 1 aliphatic carbocycles. The molecule has 20 heavy (non-hydrogen) atoms. The van der Waals surface area contributed by atoms with Gasteiger partial charge in [-0.15, -0.1) is 0 Å². The molecule has 0 heterocycles. The molecular weight excluding hydrogens is 256 g/mol. The van der Waals surface area contributed by atoms with Crippen LogP contribution in [0.1, 0.15) is 18.4 Å². The van der Waals surface area contributed by atoms with Crippen LogP contribution in [0, 0.1) is 0 Å². The van der Waals surface area contributed by atoms with Gasteiger partial charge in [-0.1, -0.05) is 12.1 Å². The van der Waals surface area contributed by atoms with Gasteiger partial charge in [0.1, 0.15) is 5.75 Å². The fraction of sp³-hybridized carbons (Fsp3) is 0.533. The molecule has 5 heteroatoms. The number of rotatable bonds is 9. The summed E-state index contributed by atoms with van der Waals surface area (Å²) in [5.74, 6) is 0.588. The average Bonchev–Trinajstić information content (AvgIpc) is 3.28. The van der Waals surface area contributed by atoms with Crippen LogP contribution < -0.4 is 15.4 Å². The van der Waals surface area contributed by atoms with E-state index in [4.69, 9.17) is 9.47 Å². The van der Waals surface area contributed by atoms with E-state index in [1.54, 1.807) is 7.11 Å². The minimum absolute atomic E-state index is 0.0310. The van der Waals surface area contributed by atoms with Gasteiger partial charge in [0.05, 0.1) is 6.61 Å². The van der Waals surface area contributed by atoms with Crippen LogP contribution in [0.2, 0.25) is 0 Å². The summed E-state index contributed by atoms with van der Waals surface area (Å²) < 4.78 is 10.3. The number of carbonyl (C=O) groups excluding carboxylic acids is 1. The van der Waals surface area contributed by atoms with E-state index in [2.05, 4.69) is 16.7 Å². The molecule has 1 amide bonds. The SMILES string of the molecule is COCCNC(=O)COc1cccc(CNC2CC2)c1. The van der Waals surface area contributed by atoms with Crippen molar-refractivity contribution in [2.45, 2.75) is 25.4 Å². The van der Waals surface area contributed by atoms with Crippen LogP contribution in [-0.4, -0.2) is 38.8 Å². The van der Waals surface area contributed by atoms with Crippen molar-refractivity contribution in [2.24, 2.45) is 0 Å². The summed E-state index contributed by atoms with van der Waals surface area (Å²) in [4.78, 5) is 11.5. The van der Waals surface area contributed by atoms with E-state index in [-0.39, 0.29) is 12.5 Å². The van der Waals surface area contributed by atoms with Crippen molar-refractivity contribution >= 4 is 5.91 Å². The Labute approximate surface area is 119 Å². The minimum atomic E-state index is -0.136. The van der Waals surface area contributed by atoms with Gasteiger partial charge in [0.15, 0.2) is 6.61 Å². The van der Waals surface area contributed by atoms with E-state index in [0.29, 0.717) is 19.2 Å². The number of ether oxygens (including phenoxy) is 2. The number of amides is 1. The molecule has 0 saturated heterocycles. The Kier molecular flexibility index (Phi) is 5.83. The molecule has 2 rings (SSSR count). The van der Waals surface area contributed by atoms with Crippen molar-refractivity contribution in [1.29, 1.82) is 0 Å². The lowest BCUT2D eigenvalue weighted by molar-refractivity contribution is -0.123. The molecule has 110 valence electrons. The molecule has 0 atom stereocenters. The standard InChI is InChI=1S/C15H22N2O3/c1-19-8-7-16-15(18)11-20-14-4-2-3-12(9-14)10-17-13-5-6-13/h2-4,9,13,17H,5-8,10-11H2,1H3,(H,16,18). The van der Waals surface area contributed by atoms with E-state index in [1.807, 2.05) is 18.2 Å². The first kappa shape index (κ1) is 14.8. The Balaban J connectivity index is 1.71. The molecule has 0 unspecified atom stereocenters. The van der Waals surface area contributed by atoms with E-state index in [0.717, 1.165) is 12.3 Å². The molecule has 2 N–H and O–H groups in total. The highest BCUT2D eigenvalue weighted by Gasteiger charge is 2.19. The van der Waals surface area contributed by atoms with Crippen LogP contribution >= 0.6 is 0 Å². The van der Waals surface area contributed by atoms with Gasteiger partial charge < -0.3 is 20.1 Å². The highest BCUT2D eigenvalue weighted by Crippen LogP contribution is 2.20. The van der Waals surface area contributed by atoms with Gasteiger partial charge in [-0.3, -0.25) is 4.79 Å². The second-order valence-electron chi connectivity index (χ2n) is 4.93. The van der Waals surface area contributed by atoms with Crippen LogP contribution in [0.25, 0.3) is 0 Å². The fourth-order valence-corrected chi connectivity index (χ4v) is 1.79. The number of methoxy groups -OCH3 is 1. The highest BCUT2D eigenvalue weighted by molar-refractivity contribution is 5.77. The van der Waals surface area contributed by atoms with E-state index in [1.165, 1.54) is 18.4 Å². The minimum Gasteiger partial charge on any atom is -0.484 e. The zero-order chi connectivity index (χ0) is 14.2. The van der Waals surface area contributed by atoms with Crippen LogP contribution in [0.15, 0.2) is 24.3 Å². The van der Waals surface area contributed by atoms with Gasteiger partial charge in [0.2, 0.25) is 0 Å². The molecule has 1 aromatic carbocycles. The summed E-state index contributed by atoms with van der Waals surface area (Å²) >= 11 is 0. The zero-order valence-electron chi connectivity index (χ0n) is 11.9. The Hall–Kier alpha value is -1.59. The van der Waals surface area contributed by atoms with Crippen molar-refractivity contribution in [3.8, 4) is 5.75 Å². The van der Waals surface area contributed by atoms with Crippen LogP contribution in [0.5, 0.6) is 5.75 Å². The lowest BCUT2D eigenvalue weighted by atomic mass is 10.2. The smallest absolute Gasteiger partial charge is 0.258 e. The third kappa shape index (κ3) is 5.59. The maximum absolute atomic E-state index is 11.5. The lowest BCUT2D eigenvalue weighted by Gasteiger charge is -2.09. The zero-order valence-corrected chi connectivity index (χ0v) is 11.9. The predicted molar refractivity (Wildman–Crippen MR) is 76.7 cm³/mol. The summed E-state index contributed by atoms with van der Waals surface area (Å²) in [6, 6.07) is 8.52. The molecule has 1 saturated carbocycles. The summed E-state index contributed by atoms with van der Waals surface area (Å²) in [7, 11) is 1.60. The Morgan fingerprint density at radius 1 is 1.40 bits per heavy atom. The maximum atomic E-state index is 11.5. The van der Waals surface area contributed by atoms with Crippen LogP contribution in [-0.2, 0) is 16.1 Å². The summed E-state index contributed by atoms with van der Waals surface area (Å²) in [6.45, 7) is 1.89. The second kappa shape index (κ2) is 7.87. The van der Waals surface area contributed by atoms with Crippen molar-refractivity contribution in [2.75, 3.05) is 26.9 Å². The molecule has 1 fully saturated rings. The van der Waals surface area contributed by atoms with Gasteiger partial charge >= 0.3 is 0 Å². The normalized spacial score (nSPS) is 14.1. The number of carbonyl (C=O) groups is 1. The number of nitrogens with one attached hydrogen (secondary N) is 2.